The van der Waals surface area contributed by atoms with Crippen LogP contribution in [-0.4, -0.2) is 20.5 Å². The smallest absolute Gasteiger partial charge is 0.243 e. The molecular weight excluding hydrogens is 315 g/mol. The molecule has 0 bridgehead atoms. The molecular formula is C10H14Cl2N2O2S2. The van der Waals surface area contributed by atoms with Crippen LogP contribution in [0.25, 0.3) is 0 Å². The van der Waals surface area contributed by atoms with Gasteiger partial charge < -0.3 is 5.73 Å². The normalized spacial score (nSPS) is 19.8. The Bertz CT molecular complexity index is 554. The van der Waals surface area contributed by atoms with E-state index in [0.29, 0.717) is 10.3 Å². The highest BCUT2D eigenvalue weighted by Crippen LogP contribution is 2.41. The van der Waals surface area contributed by atoms with E-state index < -0.39 is 15.6 Å². The van der Waals surface area contributed by atoms with Gasteiger partial charge in [-0.3, -0.25) is 0 Å². The molecule has 102 valence electrons. The summed E-state index contributed by atoms with van der Waals surface area (Å²) in [6.07, 6.45) is 1.99. The van der Waals surface area contributed by atoms with Gasteiger partial charge >= 0.3 is 0 Å². The first-order chi connectivity index (χ1) is 8.28. The molecule has 1 atom stereocenters. The molecule has 0 spiro atoms. The molecule has 0 radical (unpaired) electrons. The third-order valence-electron chi connectivity index (χ3n) is 3.18. The van der Waals surface area contributed by atoms with Crippen molar-refractivity contribution in [3.8, 4) is 0 Å². The number of nitrogens with two attached hydrogens (primary N) is 1. The van der Waals surface area contributed by atoms with Crippen molar-refractivity contribution in [2.75, 3.05) is 6.54 Å². The Hall–Kier alpha value is 0.150. The van der Waals surface area contributed by atoms with Gasteiger partial charge in [-0.05, 0) is 31.7 Å². The maximum Gasteiger partial charge on any atom is 0.243 e. The van der Waals surface area contributed by atoms with Crippen LogP contribution in [0.1, 0.15) is 19.8 Å². The fourth-order valence-corrected chi connectivity index (χ4v) is 5.51. The summed E-state index contributed by atoms with van der Waals surface area (Å²) in [5.41, 5.74) is 5.08. The summed E-state index contributed by atoms with van der Waals surface area (Å²) < 4.78 is 27.7. The molecule has 1 saturated carbocycles. The predicted octanol–water partition coefficient (Wildman–Crippen LogP) is 2.46. The van der Waals surface area contributed by atoms with Gasteiger partial charge in [-0.25, -0.2) is 13.1 Å². The second-order valence-corrected chi connectivity index (χ2v) is 8.63. The van der Waals surface area contributed by atoms with Crippen LogP contribution in [0.4, 0.5) is 0 Å². The van der Waals surface area contributed by atoms with E-state index in [2.05, 4.69) is 4.72 Å². The largest absolute Gasteiger partial charge is 0.329 e. The number of hydrogen-bond donors (Lipinski definition) is 2. The van der Waals surface area contributed by atoms with Gasteiger partial charge in [0, 0.05) is 12.1 Å². The van der Waals surface area contributed by atoms with Crippen molar-refractivity contribution in [3.63, 3.8) is 0 Å². The van der Waals surface area contributed by atoms with Gasteiger partial charge in [0.05, 0.1) is 4.34 Å². The van der Waals surface area contributed by atoms with Gasteiger partial charge in [-0.2, -0.15) is 0 Å². The lowest BCUT2D eigenvalue weighted by Crippen LogP contribution is -2.52. The van der Waals surface area contributed by atoms with Crippen LogP contribution in [0, 0.1) is 5.92 Å². The maximum absolute atomic E-state index is 12.3. The van der Waals surface area contributed by atoms with Gasteiger partial charge in [0.15, 0.2) is 0 Å². The quantitative estimate of drug-likeness (QED) is 0.872. The highest BCUT2D eigenvalue weighted by atomic mass is 35.5. The Kier molecular flexibility index (Phi) is 3.98. The van der Waals surface area contributed by atoms with E-state index in [1.165, 1.54) is 6.07 Å². The summed E-state index contributed by atoms with van der Waals surface area (Å²) in [5, 5.41) is 0. The molecule has 2 rings (SSSR count). The minimum atomic E-state index is -3.68. The standard InChI is InChI=1S/C10H14Cl2N2O2S2/c1-10(5-13,6-2-3-6)14-18(15,16)7-4-8(11)17-9(7)12/h4,6,14H,2-3,5,13H2,1H3. The van der Waals surface area contributed by atoms with Crippen LogP contribution in [0.15, 0.2) is 11.0 Å². The van der Waals surface area contributed by atoms with Crippen LogP contribution in [0.5, 0.6) is 0 Å². The summed E-state index contributed by atoms with van der Waals surface area (Å²) in [6.45, 7) is 2.08. The number of rotatable bonds is 5. The molecule has 1 aromatic rings. The number of halogens is 2. The topological polar surface area (TPSA) is 72.2 Å². The first-order valence-corrected chi connectivity index (χ1v) is 8.53. The van der Waals surface area contributed by atoms with Crippen molar-refractivity contribution in [1.29, 1.82) is 0 Å². The molecule has 0 saturated heterocycles. The molecule has 0 aliphatic heterocycles. The molecule has 1 unspecified atom stereocenters. The van der Waals surface area contributed by atoms with Crippen LogP contribution >= 0.6 is 34.5 Å². The van der Waals surface area contributed by atoms with Crippen LogP contribution in [0.2, 0.25) is 8.67 Å². The van der Waals surface area contributed by atoms with Gasteiger partial charge in [0.1, 0.15) is 9.23 Å². The predicted molar refractivity (Wildman–Crippen MR) is 74.8 cm³/mol. The minimum absolute atomic E-state index is 0.0273. The van der Waals surface area contributed by atoms with E-state index in [0.717, 1.165) is 24.2 Å². The van der Waals surface area contributed by atoms with Crippen LogP contribution in [0.3, 0.4) is 0 Å². The zero-order valence-electron chi connectivity index (χ0n) is 9.74. The molecule has 1 fully saturated rings. The van der Waals surface area contributed by atoms with E-state index in [-0.39, 0.29) is 15.8 Å². The summed E-state index contributed by atoms with van der Waals surface area (Å²) in [6, 6.07) is 1.36. The lowest BCUT2D eigenvalue weighted by Gasteiger charge is -2.28. The molecule has 4 nitrogen and oxygen atoms in total. The van der Waals surface area contributed by atoms with Crippen molar-refractivity contribution in [1.82, 2.24) is 4.72 Å². The summed E-state index contributed by atoms with van der Waals surface area (Å²) in [5.74, 6) is 0.296. The van der Waals surface area contributed by atoms with E-state index in [1.54, 1.807) is 0 Å². The second kappa shape index (κ2) is 4.92. The summed E-state index contributed by atoms with van der Waals surface area (Å²) >= 11 is 12.7. The number of sulfonamides is 1. The first kappa shape index (κ1) is 14.6. The number of thiophene rings is 1. The van der Waals surface area contributed by atoms with Crippen LogP contribution in [-0.2, 0) is 10.0 Å². The number of hydrogen-bond acceptors (Lipinski definition) is 4. The molecule has 1 heterocycles. The van der Waals surface area contributed by atoms with Crippen molar-refractivity contribution < 1.29 is 8.42 Å². The van der Waals surface area contributed by atoms with E-state index in [4.69, 9.17) is 28.9 Å². The Morgan fingerprint density at radius 2 is 2.17 bits per heavy atom. The molecule has 3 N–H and O–H groups in total. The molecule has 18 heavy (non-hydrogen) atoms. The van der Waals surface area contributed by atoms with Crippen molar-refractivity contribution >= 4 is 44.6 Å². The molecule has 1 aliphatic carbocycles. The third kappa shape index (κ3) is 2.84. The van der Waals surface area contributed by atoms with E-state index in [1.807, 2.05) is 6.92 Å². The van der Waals surface area contributed by atoms with Crippen molar-refractivity contribution in [2.45, 2.75) is 30.2 Å². The highest BCUT2D eigenvalue weighted by Gasteiger charge is 2.43. The van der Waals surface area contributed by atoms with Gasteiger partial charge in [-0.1, -0.05) is 23.2 Å². The molecule has 1 aromatic heterocycles. The average Bonchev–Trinajstić information content (AvgIpc) is 3.04. The minimum Gasteiger partial charge on any atom is -0.329 e. The maximum atomic E-state index is 12.3. The summed E-state index contributed by atoms with van der Waals surface area (Å²) in [7, 11) is -3.68. The van der Waals surface area contributed by atoms with Crippen molar-refractivity contribution in [2.24, 2.45) is 11.7 Å². The SMILES string of the molecule is CC(CN)(NS(=O)(=O)c1cc(Cl)sc1Cl)C1CC1. The molecule has 0 aromatic carbocycles. The summed E-state index contributed by atoms with van der Waals surface area (Å²) in [4.78, 5) is 0.0273. The fourth-order valence-electron chi connectivity index (χ4n) is 1.88. The lowest BCUT2D eigenvalue weighted by atomic mass is 9.98. The monoisotopic (exact) mass is 328 g/mol. The van der Waals surface area contributed by atoms with Gasteiger partial charge in [-0.15, -0.1) is 11.3 Å². The second-order valence-electron chi connectivity index (χ2n) is 4.69. The third-order valence-corrected chi connectivity index (χ3v) is 6.55. The lowest BCUT2D eigenvalue weighted by molar-refractivity contribution is 0.374. The number of nitrogens with one attached hydrogen (secondary N) is 1. The first-order valence-electron chi connectivity index (χ1n) is 5.47. The Balaban J connectivity index is 2.29. The zero-order valence-corrected chi connectivity index (χ0v) is 12.9. The highest BCUT2D eigenvalue weighted by molar-refractivity contribution is 7.89. The fraction of sp³-hybridized carbons (Fsp3) is 0.600. The average molecular weight is 329 g/mol. The van der Waals surface area contributed by atoms with Crippen molar-refractivity contribution in [3.05, 3.63) is 14.7 Å². The Morgan fingerprint density at radius 1 is 1.56 bits per heavy atom. The Morgan fingerprint density at radius 3 is 2.56 bits per heavy atom. The molecule has 0 amide bonds. The van der Waals surface area contributed by atoms with Gasteiger partial charge in [0.25, 0.3) is 0 Å². The Labute approximate surface area is 121 Å². The van der Waals surface area contributed by atoms with E-state index >= 15 is 0 Å². The molecule has 8 heteroatoms. The van der Waals surface area contributed by atoms with Gasteiger partial charge in [0.2, 0.25) is 10.0 Å². The zero-order chi connectivity index (χ0) is 13.6. The molecule has 1 aliphatic rings. The van der Waals surface area contributed by atoms with Crippen LogP contribution < -0.4 is 10.5 Å². The van der Waals surface area contributed by atoms with E-state index in [9.17, 15) is 8.42 Å².